The second kappa shape index (κ2) is 10.6. The normalized spacial score (nSPS) is 20.0. The molecule has 1 amide bonds. The van der Waals surface area contributed by atoms with Crippen LogP contribution in [0.5, 0.6) is 0 Å². The summed E-state index contributed by atoms with van der Waals surface area (Å²) in [6.45, 7) is 1.95. The van der Waals surface area contributed by atoms with Crippen molar-refractivity contribution < 1.29 is 27.8 Å². The molecule has 41 heavy (non-hydrogen) atoms. The first-order valence-electron chi connectivity index (χ1n) is 13.1. The molecule has 0 bridgehead atoms. The SMILES string of the molecule is CC(Nc1ncnc2[nH]c(=O)c(C3(C#N)CCS(O)(O)CC3)cc12)c1cccc(C(F)(F)CC2CN(C(=O)O)C2)c1. The third-order valence-corrected chi connectivity index (χ3v) is 9.74. The lowest BCUT2D eigenvalue weighted by molar-refractivity contribution is -0.0528. The molecule has 0 aliphatic carbocycles. The minimum atomic E-state index is -3.14. The van der Waals surface area contributed by atoms with Crippen LogP contribution in [0.3, 0.4) is 0 Å². The maximum Gasteiger partial charge on any atom is 0.407 e. The number of fused-ring (bicyclic) bond motifs is 1. The highest BCUT2D eigenvalue weighted by molar-refractivity contribution is 8.24. The first-order valence-corrected chi connectivity index (χ1v) is 15.0. The van der Waals surface area contributed by atoms with E-state index in [1.165, 1.54) is 18.5 Å². The number of carbonyl (C=O) groups is 1. The van der Waals surface area contributed by atoms with Crippen molar-refractivity contribution in [1.29, 1.82) is 5.26 Å². The fraction of sp³-hybridized carbons (Fsp3) is 0.444. The minimum absolute atomic E-state index is 0.0189. The number of hydrogen-bond acceptors (Lipinski definition) is 8. The number of amides is 1. The van der Waals surface area contributed by atoms with Crippen LogP contribution in [0, 0.1) is 17.2 Å². The molecule has 0 spiro atoms. The van der Waals surface area contributed by atoms with E-state index in [9.17, 15) is 24.0 Å². The molecular formula is C27H30F2N6O5S. The number of nitriles is 1. The van der Waals surface area contributed by atoms with Gasteiger partial charge in [0.1, 0.15) is 17.8 Å². The van der Waals surface area contributed by atoms with Crippen molar-refractivity contribution in [1.82, 2.24) is 19.9 Å². The molecule has 2 fully saturated rings. The number of benzene rings is 1. The highest BCUT2D eigenvalue weighted by atomic mass is 32.3. The molecule has 2 aliphatic rings. The van der Waals surface area contributed by atoms with Gasteiger partial charge in [-0.05, 0) is 37.5 Å². The average molecular weight is 589 g/mol. The van der Waals surface area contributed by atoms with E-state index in [0.29, 0.717) is 16.8 Å². The second-order valence-electron chi connectivity index (χ2n) is 10.9. The predicted molar refractivity (Wildman–Crippen MR) is 149 cm³/mol. The molecule has 0 saturated carbocycles. The molecule has 218 valence electrons. The van der Waals surface area contributed by atoms with Crippen molar-refractivity contribution in [2.75, 3.05) is 29.9 Å². The first-order chi connectivity index (χ1) is 19.3. The van der Waals surface area contributed by atoms with Gasteiger partial charge in [0.05, 0.1) is 16.9 Å². The highest BCUT2D eigenvalue weighted by Gasteiger charge is 2.42. The fourth-order valence-corrected chi connectivity index (χ4v) is 7.05. The van der Waals surface area contributed by atoms with Crippen LogP contribution in [0.25, 0.3) is 11.0 Å². The molecular weight excluding hydrogens is 558 g/mol. The summed E-state index contributed by atoms with van der Waals surface area (Å²) in [7, 11) is -2.79. The number of nitrogens with zero attached hydrogens (tertiary/aromatic N) is 4. The van der Waals surface area contributed by atoms with Crippen LogP contribution in [0.2, 0.25) is 0 Å². The largest absolute Gasteiger partial charge is 0.465 e. The summed E-state index contributed by atoms with van der Waals surface area (Å²) in [5.74, 6) is -3.20. The van der Waals surface area contributed by atoms with E-state index in [1.54, 1.807) is 25.1 Å². The molecule has 11 nitrogen and oxygen atoms in total. The number of alkyl halides is 2. The van der Waals surface area contributed by atoms with Crippen molar-refractivity contribution in [3.8, 4) is 6.07 Å². The van der Waals surface area contributed by atoms with Crippen molar-refractivity contribution in [2.45, 2.75) is 43.6 Å². The molecule has 1 unspecified atom stereocenters. The average Bonchev–Trinajstić information content (AvgIpc) is 2.91. The Morgan fingerprint density at radius 2 is 2.00 bits per heavy atom. The van der Waals surface area contributed by atoms with E-state index >= 15 is 8.78 Å². The number of hydrogen-bond donors (Lipinski definition) is 5. The van der Waals surface area contributed by atoms with E-state index in [-0.39, 0.29) is 54.2 Å². The molecule has 2 aliphatic heterocycles. The Hall–Kier alpha value is -3.80. The van der Waals surface area contributed by atoms with Gasteiger partial charge in [-0.15, -0.1) is 0 Å². The van der Waals surface area contributed by atoms with Crippen LogP contribution in [0.1, 0.15) is 48.9 Å². The van der Waals surface area contributed by atoms with Crippen molar-refractivity contribution >= 4 is 33.5 Å². The Kier molecular flexibility index (Phi) is 7.39. The lowest BCUT2D eigenvalue weighted by atomic mass is 9.77. The molecule has 2 aromatic heterocycles. The number of pyridine rings is 1. The molecule has 2 saturated heterocycles. The maximum absolute atomic E-state index is 15.1. The van der Waals surface area contributed by atoms with Crippen molar-refractivity contribution in [2.24, 2.45) is 5.92 Å². The van der Waals surface area contributed by atoms with Gasteiger partial charge in [-0.3, -0.25) is 13.9 Å². The van der Waals surface area contributed by atoms with E-state index in [0.717, 1.165) is 4.90 Å². The number of aromatic amines is 1. The smallest absolute Gasteiger partial charge is 0.407 e. The predicted octanol–water partition coefficient (Wildman–Crippen LogP) is 4.89. The van der Waals surface area contributed by atoms with Gasteiger partial charge in [0.2, 0.25) is 0 Å². The Morgan fingerprint density at radius 1 is 1.29 bits per heavy atom. The molecule has 5 N–H and O–H groups in total. The number of likely N-dealkylation sites (tertiary alicyclic amines) is 1. The molecule has 14 heteroatoms. The summed E-state index contributed by atoms with van der Waals surface area (Å²) in [4.78, 5) is 36.2. The summed E-state index contributed by atoms with van der Waals surface area (Å²) < 4.78 is 50.3. The van der Waals surface area contributed by atoms with E-state index in [2.05, 4.69) is 26.3 Å². The van der Waals surface area contributed by atoms with Gasteiger partial charge < -0.3 is 20.3 Å². The van der Waals surface area contributed by atoms with Crippen LogP contribution in [-0.2, 0) is 11.3 Å². The fourth-order valence-electron chi connectivity index (χ4n) is 5.49. The van der Waals surface area contributed by atoms with Gasteiger partial charge in [0.25, 0.3) is 11.5 Å². The first kappa shape index (κ1) is 28.7. The van der Waals surface area contributed by atoms with Crippen molar-refractivity contribution in [3.63, 3.8) is 0 Å². The summed E-state index contributed by atoms with van der Waals surface area (Å²) in [5.41, 5.74) is -0.895. The molecule has 1 aromatic carbocycles. The minimum Gasteiger partial charge on any atom is -0.465 e. The zero-order valence-electron chi connectivity index (χ0n) is 22.2. The molecule has 4 heterocycles. The Labute approximate surface area is 235 Å². The standard InChI is InChI=1S/C27H30F2N6O5S/c1-16(18-3-2-4-19(9-18)27(28,29)11-17-12-35(13-17)25(37)38)33-22-20-10-21(24(36)34-23(20)32-15-31-22)26(14-30)5-7-41(39,40)8-6-26/h2-4,9-10,15-17,39-40H,5-8,11-13H2,1H3,(H,37,38)(H2,31,32,33,34,36). The van der Waals surface area contributed by atoms with Gasteiger partial charge >= 0.3 is 6.09 Å². The van der Waals surface area contributed by atoms with Gasteiger partial charge in [-0.25, -0.2) is 23.5 Å². The van der Waals surface area contributed by atoms with E-state index < -0.39 is 52.0 Å². The second-order valence-corrected chi connectivity index (χ2v) is 13.3. The number of carboxylic acid groups (broad SMARTS) is 1. The number of rotatable bonds is 7. The van der Waals surface area contributed by atoms with Gasteiger partial charge in [0, 0.05) is 54.1 Å². The number of nitrogens with one attached hydrogen (secondary N) is 2. The van der Waals surface area contributed by atoms with Crippen LogP contribution in [0.4, 0.5) is 19.4 Å². The monoisotopic (exact) mass is 588 g/mol. The third kappa shape index (κ3) is 5.70. The maximum atomic E-state index is 15.1. The number of anilines is 1. The summed E-state index contributed by atoms with van der Waals surface area (Å²) in [6.07, 6.45) is -0.0796. The molecule has 5 rings (SSSR count). The Morgan fingerprint density at radius 3 is 2.66 bits per heavy atom. The van der Waals surface area contributed by atoms with Crippen LogP contribution < -0.4 is 10.9 Å². The third-order valence-electron chi connectivity index (χ3n) is 8.03. The zero-order chi connectivity index (χ0) is 29.6. The van der Waals surface area contributed by atoms with Gasteiger partial charge in [-0.2, -0.15) is 15.9 Å². The van der Waals surface area contributed by atoms with E-state index in [1.807, 2.05) is 0 Å². The lowest BCUT2D eigenvalue weighted by Gasteiger charge is -2.42. The number of aromatic nitrogens is 3. The van der Waals surface area contributed by atoms with Crippen LogP contribution in [-0.4, -0.2) is 64.8 Å². The lowest BCUT2D eigenvalue weighted by Crippen LogP contribution is -2.50. The zero-order valence-corrected chi connectivity index (χ0v) is 23.0. The molecule has 0 radical (unpaired) electrons. The van der Waals surface area contributed by atoms with E-state index in [4.69, 9.17) is 5.11 Å². The molecule has 3 aromatic rings. The van der Waals surface area contributed by atoms with Gasteiger partial charge in [0.15, 0.2) is 0 Å². The summed E-state index contributed by atoms with van der Waals surface area (Å²) >= 11 is 0. The summed E-state index contributed by atoms with van der Waals surface area (Å²) in [6, 6.07) is 9.28. The highest BCUT2D eigenvalue weighted by Crippen LogP contribution is 2.50. The Bertz CT molecular complexity index is 1580. The number of H-pyrrole nitrogens is 1. The Balaban J connectivity index is 1.39. The quantitative estimate of drug-likeness (QED) is 0.257. The van der Waals surface area contributed by atoms with Crippen LogP contribution >= 0.6 is 10.6 Å². The number of halogens is 2. The van der Waals surface area contributed by atoms with Crippen LogP contribution in [0.15, 0.2) is 41.5 Å². The molecule has 1 atom stereocenters. The topological polar surface area (TPSA) is 175 Å². The van der Waals surface area contributed by atoms with Gasteiger partial charge in [-0.1, -0.05) is 18.2 Å². The van der Waals surface area contributed by atoms with Crippen molar-refractivity contribution in [3.05, 3.63) is 63.7 Å². The summed E-state index contributed by atoms with van der Waals surface area (Å²) in [5, 5.41) is 22.6.